The predicted molar refractivity (Wildman–Crippen MR) is 80.9 cm³/mol. The first-order valence-electron chi connectivity index (χ1n) is 7.07. The standard InChI is InChI=1S/C16H21N3/c1-12-4-5-13(2)15-11-18-16(10-14(12)15)19-8-3-6-17-7-9-19/h4-5,10-11,17H,3,6-9H2,1-2H3. The largest absolute Gasteiger partial charge is 0.355 e. The van der Waals surface area contributed by atoms with Gasteiger partial charge in [-0.05, 0) is 49.4 Å². The number of aromatic nitrogens is 1. The van der Waals surface area contributed by atoms with Gasteiger partial charge in [-0.15, -0.1) is 0 Å². The molecule has 3 heteroatoms. The van der Waals surface area contributed by atoms with Crippen LogP contribution in [0.25, 0.3) is 10.8 Å². The van der Waals surface area contributed by atoms with E-state index in [0.29, 0.717) is 0 Å². The van der Waals surface area contributed by atoms with Gasteiger partial charge in [-0.1, -0.05) is 12.1 Å². The van der Waals surface area contributed by atoms with Gasteiger partial charge in [-0.25, -0.2) is 4.98 Å². The number of benzene rings is 1. The summed E-state index contributed by atoms with van der Waals surface area (Å²) >= 11 is 0. The normalized spacial score (nSPS) is 16.6. The molecule has 19 heavy (non-hydrogen) atoms. The van der Waals surface area contributed by atoms with Crippen molar-refractivity contribution in [3.8, 4) is 0 Å². The first-order chi connectivity index (χ1) is 9.25. The molecule has 0 spiro atoms. The number of nitrogens with one attached hydrogen (secondary N) is 1. The van der Waals surface area contributed by atoms with Crippen LogP contribution in [0.1, 0.15) is 17.5 Å². The molecule has 3 rings (SSSR count). The van der Waals surface area contributed by atoms with Gasteiger partial charge in [-0.3, -0.25) is 0 Å². The molecule has 1 fully saturated rings. The van der Waals surface area contributed by atoms with Gasteiger partial charge < -0.3 is 10.2 Å². The van der Waals surface area contributed by atoms with Gasteiger partial charge in [0.1, 0.15) is 5.82 Å². The second kappa shape index (κ2) is 5.17. The van der Waals surface area contributed by atoms with E-state index >= 15 is 0 Å². The number of pyridine rings is 1. The van der Waals surface area contributed by atoms with Crippen molar-refractivity contribution in [2.75, 3.05) is 31.1 Å². The third kappa shape index (κ3) is 2.43. The van der Waals surface area contributed by atoms with Crippen LogP contribution in [0.3, 0.4) is 0 Å². The Morgan fingerprint density at radius 2 is 1.84 bits per heavy atom. The lowest BCUT2D eigenvalue weighted by Crippen LogP contribution is -2.28. The van der Waals surface area contributed by atoms with E-state index in [1.807, 2.05) is 6.20 Å². The van der Waals surface area contributed by atoms with E-state index in [0.717, 1.165) is 32.0 Å². The lowest BCUT2D eigenvalue weighted by atomic mass is 10.0. The van der Waals surface area contributed by atoms with Crippen LogP contribution >= 0.6 is 0 Å². The van der Waals surface area contributed by atoms with Crippen LogP contribution in [0.2, 0.25) is 0 Å². The molecule has 100 valence electrons. The Bertz CT molecular complexity index is 584. The van der Waals surface area contributed by atoms with Crippen LogP contribution in [0, 0.1) is 13.8 Å². The second-order valence-corrected chi connectivity index (χ2v) is 5.38. The molecule has 1 aromatic heterocycles. The molecule has 0 amide bonds. The first kappa shape index (κ1) is 12.4. The van der Waals surface area contributed by atoms with Gasteiger partial charge >= 0.3 is 0 Å². The fraction of sp³-hybridized carbons (Fsp3) is 0.438. The molecular formula is C16H21N3. The molecule has 1 N–H and O–H groups in total. The zero-order valence-electron chi connectivity index (χ0n) is 11.7. The minimum absolute atomic E-state index is 1.05. The van der Waals surface area contributed by atoms with Crippen molar-refractivity contribution in [3.63, 3.8) is 0 Å². The van der Waals surface area contributed by atoms with E-state index < -0.39 is 0 Å². The smallest absolute Gasteiger partial charge is 0.129 e. The van der Waals surface area contributed by atoms with E-state index in [2.05, 4.69) is 47.2 Å². The summed E-state index contributed by atoms with van der Waals surface area (Å²) < 4.78 is 0. The Morgan fingerprint density at radius 3 is 2.68 bits per heavy atom. The van der Waals surface area contributed by atoms with Crippen molar-refractivity contribution in [1.29, 1.82) is 0 Å². The highest BCUT2D eigenvalue weighted by atomic mass is 15.2. The maximum absolute atomic E-state index is 4.67. The monoisotopic (exact) mass is 255 g/mol. The lowest BCUT2D eigenvalue weighted by Gasteiger charge is -2.21. The molecule has 2 aromatic rings. The van der Waals surface area contributed by atoms with E-state index in [-0.39, 0.29) is 0 Å². The number of aryl methyl sites for hydroxylation is 2. The van der Waals surface area contributed by atoms with E-state index in [1.54, 1.807) is 0 Å². The molecule has 0 radical (unpaired) electrons. The van der Waals surface area contributed by atoms with Crippen molar-refractivity contribution >= 4 is 16.6 Å². The third-order valence-electron chi connectivity index (χ3n) is 3.99. The molecular weight excluding hydrogens is 234 g/mol. The maximum Gasteiger partial charge on any atom is 0.129 e. The van der Waals surface area contributed by atoms with Gasteiger partial charge in [0, 0.05) is 31.2 Å². The van der Waals surface area contributed by atoms with Gasteiger partial charge in [0.25, 0.3) is 0 Å². The highest BCUT2D eigenvalue weighted by molar-refractivity contribution is 5.89. The fourth-order valence-electron chi connectivity index (χ4n) is 2.76. The van der Waals surface area contributed by atoms with E-state index in [9.17, 15) is 0 Å². The summed E-state index contributed by atoms with van der Waals surface area (Å²) in [4.78, 5) is 7.06. The van der Waals surface area contributed by atoms with Crippen molar-refractivity contribution < 1.29 is 0 Å². The molecule has 2 heterocycles. The quantitative estimate of drug-likeness (QED) is 0.849. The number of nitrogens with zero attached hydrogens (tertiary/aromatic N) is 2. The summed E-state index contributed by atoms with van der Waals surface area (Å²) in [5, 5.41) is 6.05. The summed E-state index contributed by atoms with van der Waals surface area (Å²) in [5.41, 5.74) is 2.63. The number of hydrogen-bond donors (Lipinski definition) is 1. The van der Waals surface area contributed by atoms with Crippen LogP contribution in [-0.4, -0.2) is 31.2 Å². The lowest BCUT2D eigenvalue weighted by molar-refractivity contribution is 0.724. The zero-order chi connectivity index (χ0) is 13.2. The summed E-state index contributed by atoms with van der Waals surface area (Å²) in [5.74, 6) is 1.12. The number of hydrogen-bond acceptors (Lipinski definition) is 3. The average molecular weight is 255 g/mol. The summed E-state index contributed by atoms with van der Waals surface area (Å²) in [6.07, 6.45) is 3.22. The van der Waals surface area contributed by atoms with Crippen LogP contribution in [0.15, 0.2) is 24.4 Å². The van der Waals surface area contributed by atoms with Gasteiger partial charge in [0.2, 0.25) is 0 Å². The van der Waals surface area contributed by atoms with Crippen molar-refractivity contribution in [3.05, 3.63) is 35.5 Å². The van der Waals surface area contributed by atoms with Crippen molar-refractivity contribution in [2.45, 2.75) is 20.3 Å². The Morgan fingerprint density at radius 1 is 1.05 bits per heavy atom. The highest BCUT2D eigenvalue weighted by Gasteiger charge is 2.12. The molecule has 1 saturated heterocycles. The average Bonchev–Trinajstić information content (AvgIpc) is 2.72. The maximum atomic E-state index is 4.67. The highest BCUT2D eigenvalue weighted by Crippen LogP contribution is 2.25. The van der Waals surface area contributed by atoms with Crippen LogP contribution in [0.5, 0.6) is 0 Å². The van der Waals surface area contributed by atoms with Gasteiger partial charge in [0.05, 0.1) is 0 Å². The predicted octanol–water partition coefficient (Wildman–Crippen LogP) is 2.65. The summed E-state index contributed by atoms with van der Waals surface area (Å²) in [6.45, 7) is 8.63. The molecule has 1 aliphatic heterocycles. The Hall–Kier alpha value is -1.61. The van der Waals surface area contributed by atoms with Crippen LogP contribution < -0.4 is 10.2 Å². The summed E-state index contributed by atoms with van der Waals surface area (Å²) in [6, 6.07) is 6.63. The number of rotatable bonds is 1. The molecule has 0 atom stereocenters. The Kier molecular flexibility index (Phi) is 3.38. The van der Waals surface area contributed by atoms with Crippen LogP contribution in [-0.2, 0) is 0 Å². The third-order valence-corrected chi connectivity index (χ3v) is 3.99. The zero-order valence-corrected chi connectivity index (χ0v) is 11.7. The number of anilines is 1. The Labute approximate surface area is 114 Å². The second-order valence-electron chi connectivity index (χ2n) is 5.38. The molecule has 3 nitrogen and oxygen atoms in total. The van der Waals surface area contributed by atoms with Gasteiger partial charge in [0.15, 0.2) is 0 Å². The van der Waals surface area contributed by atoms with E-state index in [4.69, 9.17) is 0 Å². The molecule has 0 unspecified atom stereocenters. The molecule has 1 aliphatic rings. The topological polar surface area (TPSA) is 28.2 Å². The molecule has 0 aliphatic carbocycles. The molecule has 0 bridgehead atoms. The van der Waals surface area contributed by atoms with Crippen molar-refractivity contribution in [1.82, 2.24) is 10.3 Å². The Balaban J connectivity index is 2.03. The molecule has 0 saturated carbocycles. The van der Waals surface area contributed by atoms with Gasteiger partial charge in [-0.2, -0.15) is 0 Å². The first-order valence-corrected chi connectivity index (χ1v) is 7.07. The van der Waals surface area contributed by atoms with E-state index in [1.165, 1.54) is 28.3 Å². The van der Waals surface area contributed by atoms with Crippen LogP contribution in [0.4, 0.5) is 5.82 Å². The number of fused-ring (bicyclic) bond motifs is 1. The minimum Gasteiger partial charge on any atom is -0.355 e. The SMILES string of the molecule is Cc1ccc(C)c2cc(N3CCCNCC3)ncc12. The minimum atomic E-state index is 1.05. The summed E-state index contributed by atoms with van der Waals surface area (Å²) in [7, 11) is 0. The fourth-order valence-corrected chi connectivity index (χ4v) is 2.76. The molecule has 1 aromatic carbocycles. The van der Waals surface area contributed by atoms with Crippen molar-refractivity contribution in [2.24, 2.45) is 0 Å².